The molecule has 0 bridgehead atoms. The Labute approximate surface area is 255 Å². The summed E-state index contributed by atoms with van der Waals surface area (Å²) in [4.78, 5) is 24.2. The number of amides is 1. The Morgan fingerprint density at radius 1 is 0.596 bits per heavy atom. The van der Waals surface area contributed by atoms with Crippen molar-refractivity contribution in [3.8, 4) is 11.5 Å². The summed E-state index contributed by atoms with van der Waals surface area (Å²) >= 11 is 0. The van der Waals surface area contributed by atoms with Crippen LogP contribution in [0.3, 0.4) is 0 Å². The van der Waals surface area contributed by atoms with E-state index in [1.807, 2.05) is 5.32 Å². The Bertz CT molecular complexity index is 1620. The molecule has 0 heterocycles. The molecule has 0 aliphatic carbocycles. The molecule has 3 aromatic carbocycles. The first-order chi connectivity index (χ1) is 21.3. The lowest BCUT2D eigenvalue weighted by Crippen LogP contribution is -2.54. The van der Waals surface area contributed by atoms with E-state index in [9.17, 15) is 72.5 Å². The Balaban J connectivity index is 2.20. The van der Waals surface area contributed by atoms with Crippen molar-refractivity contribution in [3.63, 3.8) is 0 Å². The molecular formula is C28H20F12N2O5. The maximum absolute atomic E-state index is 13.9. The number of nitrogens with one attached hydrogen (secondary N) is 2. The van der Waals surface area contributed by atoms with Gasteiger partial charge >= 0.3 is 24.7 Å². The molecule has 256 valence electrons. The number of halogens is 12. The molecule has 0 saturated carbocycles. The number of hydrogen-bond acceptors (Lipinski definition) is 6. The monoisotopic (exact) mass is 692 g/mol. The van der Waals surface area contributed by atoms with E-state index in [2.05, 4.69) is 0 Å². The van der Waals surface area contributed by atoms with Crippen LogP contribution in [-0.4, -0.2) is 53.7 Å². The summed E-state index contributed by atoms with van der Waals surface area (Å²) < 4.78 is 170. The number of rotatable bonds is 8. The second-order valence-corrected chi connectivity index (χ2v) is 9.77. The maximum atomic E-state index is 13.9. The molecule has 0 atom stereocenters. The lowest BCUT2D eigenvalue weighted by atomic mass is 9.90. The molecule has 3 aromatic rings. The molecule has 0 radical (unpaired) electrons. The number of benzene rings is 3. The summed E-state index contributed by atoms with van der Waals surface area (Å²) in [6.07, 6.45) is -25.8. The minimum absolute atomic E-state index is 0.00735. The first kappa shape index (κ1) is 36.9. The molecule has 7 nitrogen and oxygen atoms in total. The van der Waals surface area contributed by atoms with E-state index < -0.39 is 81.6 Å². The molecule has 3 rings (SSSR count). The molecule has 0 spiro atoms. The van der Waals surface area contributed by atoms with Gasteiger partial charge in [-0.25, -0.2) is 0 Å². The number of hydrogen-bond donors (Lipinski definition) is 4. The van der Waals surface area contributed by atoms with Gasteiger partial charge < -0.3 is 25.6 Å². The Hall–Kier alpha value is -4.52. The lowest BCUT2D eigenvalue weighted by molar-refractivity contribution is -0.376. The van der Waals surface area contributed by atoms with Crippen LogP contribution in [0.5, 0.6) is 11.5 Å². The minimum Gasteiger partial charge on any atom is -0.457 e. The quantitative estimate of drug-likeness (QED) is 0.143. The number of Topliss-reactive ketones (excluding diaryl/α,β-unsaturated/α-hetero) is 1. The Morgan fingerprint density at radius 3 is 1.32 bits per heavy atom. The number of carbonyl (C=O) groups is 2. The molecule has 0 aromatic heterocycles. The van der Waals surface area contributed by atoms with Crippen molar-refractivity contribution >= 4 is 23.1 Å². The van der Waals surface area contributed by atoms with E-state index in [0.717, 1.165) is 31.3 Å². The third-order valence-electron chi connectivity index (χ3n) is 6.71. The second kappa shape index (κ2) is 12.3. The van der Waals surface area contributed by atoms with Gasteiger partial charge in [0.2, 0.25) is 0 Å². The number of ketones is 1. The van der Waals surface area contributed by atoms with Gasteiger partial charge in [0, 0.05) is 40.7 Å². The summed E-state index contributed by atoms with van der Waals surface area (Å²) in [5.74, 6) is -3.89. The van der Waals surface area contributed by atoms with Gasteiger partial charge in [-0.05, 0) is 55.5 Å². The van der Waals surface area contributed by atoms with Crippen LogP contribution >= 0.6 is 0 Å². The van der Waals surface area contributed by atoms with Gasteiger partial charge in [-0.1, -0.05) is 12.1 Å². The number of alkyl halides is 12. The lowest BCUT2D eigenvalue weighted by Gasteiger charge is -2.34. The van der Waals surface area contributed by atoms with Crippen molar-refractivity contribution in [2.75, 3.05) is 17.7 Å². The highest BCUT2D eigenvalue weighted by Gasteiger charge is 2.73. The average Bonchev–Trinajstić information content (AvgIpc) is 2.94. The van der Waals surface area contributed by atoms with Crippen LogP contribution in [0.1, 0.15) is 38.8 Å². The second-order valence-electron chi connectivity index (χ2n) is 9.77. The fourth-order valence-electron chi connectivity index (χ4n) is 4.22. The van der Waals surface area contributed by atoms with Gasteiger partial charge in [-0.2, -0.15) is 52.7 Å². The van der Waals surface area contributed by atoms with Gasteiger partial charge in [-0.15, -0.1) is 0 Å². The molecule has 4 N–H and O–H groups in total. The maximum Gasteiger partial charge on any atom is 0.430 e. The number of ether oxygens (including phenoxy) is 1. The highest BCUT2D eigenvalue weighted by Crippen LogP contribution is 2.54. The van der Waals surface area contributed by atoms with Crippen LogP contribution in [-0.2, 0) is 11.2 Å². The highest BCUT2D eigenvalue weighted by molar-refractivity contribution is 6.05. The van der Waals surface area contributed by atoms with E-state index in [0.29, 0.717) is 24.3 Å². The first-order valence-electron chi connectivity index (χ1n) is 12.6. The molecule has 0 unspecified atom stereocenters. The third kappa shape index (κ3) is 6.80. The molecule has 0 saturated heterocycles. The van der Waals surface area contributed by atoms with Crippen molar-refractivity contribution in [1.82, 2.24) is 0 Å². The van der Waals surface area contributed by atoms with E-state index in [-0.39, 0.29) is 23.3 Å². The standard InChI is InChI=1S/C28H20F12N2O5/c1-13(43)14-3-5-15(6-4-14)22(44)42-21-10-8-17(12-19(21)24(46,27(35,36)37)28(38,39)40)47-16-7-9-20(41-2)18(11-16)23(45,25(29,30)31)26(32,33)34/h3-12,41,45-46H,1-2H3,(H,42,44). The predicted octanol–water partition coefficient (Wildman–Crippen LogP) is 7.60. The van der Waals surface area contributed by atoms with Crippen molar-refractivity contribution in [1.29, 1.82) is 0 Å². The highest BCUT2D eigenvalue weighted by atomic mass is 19.4. The SMILES string of the molecule is CNc1ccc(Oc2ccc(NC(=O)c3ccc(C(C)=O)cc3)c(C(O)(C(F)(F)F)C(F)(F)F)c2)cc1C(O)(C(F)(F)F)C(F)(F)F. The van der Waals surface area contributed by atoms with E-state index >= 15 is 0 Å². The average molecular weight is 692 g/mol. The number of anilines is 2. The smallest absolute Gasteiger partial charge is 0.430 e. The molecule has 1 amide bonds. The van der Waals surface area contributed by atoms with Crippen LogP contribution in [0.25, 0.3) is 0 Å². The van der Waals surface area contributed by atoms with Gasteiger partial charge in [0.1, 0.15) is 11.5 Å². The molecular weight excluding hydrogens is 672 g/mol. The van der Waals surface area contributed by atoms with Gasteiger partial charge in [0.15, 0.2) is 5.78 Å². The fourth-order valence-corrected chi connectivity index (χ4v) is 4.22. The van der Waals surface area contributed by atoms with Crippen molar-refractivity contribution in [2.45, 2.75) is 42.8 Å². The molecule has 47 heavy (non-hydrogen) atoms. The zero-order valence-corrected chi connectivity index (χ0v) is 23.4. The van der Waals surface area contributed by atoms with Gasteiger partial charge in [-0.3, -0.25) is 9.59 Å². The van der Waals surface area contributed by atoms with Crippen LogP contribution in [0.15, 0.2) is 60.7 Å². The fraction of sp³-hybridized carbons (Fsp3) is 0.286. The number of carbonyl (C=O) groups excluding carboxylic acids is 2. The summed E-state index contributed by atoms with van der Waals surface area (Å²) in [7, 11) is 0.888. The van der Waals surface area contributed by atoms with Gasteiger partial charge in [0.05, 0.1) is 0 Å². The van der Waals surface area contributed by atoms with E-state index in [1.165, 1.54) is 6.92 Å². The van der Waals surface area contributed by atoms with Crippen LogP contribution < -0.4 is 15.4 Å². The summed E-state index contributed by atoms with van der Waals surface area (Å²) in [5, 5.41) is 23.7. The summed E-state index contributed by atoms with van der Waals surface area (Å²) in [6, 6.07) is 6.36. The first-order valence-corrected chi connectivity index (χ1v) is 12.6. The largest absolute Gasteiger partial charge is 0.457 e. The predicted molar refractivity (Wildman–Crippen MR) is 139 cm³/mol. The van der Waals surface area contributed by atoms with Crippen molar-refractivity contribution in [2.24, 2.45) is 0 Å². The Morgan fingerprint density at radius 2 is 0.957 bits per heavy atom. The third-order valence-corrected chi connectivity index (χ3v) is 6.71. The normalized spacial score (nSPS) is 13.3. The Kier molecular flexibility index (Phi) is 9.63. The van der Waals surface area contributed by atoms with Crippen molar-refractivity contribution < 1.29 is 77.2 Å². The topological polar surface area (TPSA) is 108 Å². The van der Waals surface area contributed by atoms with Crippen LogP contribution in [0, 0.1) is 0 Å². The van der Waals surface area contributed by atoms with E-state index in [1.54, 1.807) is 5.32 Å². The van der Waals surface area contributed by atoms with Crippen molar-refractivity contribution in [3.05, 3.63) is 82.9 Å². The zero-order valence-electron chi connectivity index (χ0n) is 23.4. The zero-order chi connectivity index (χ0) is 36.0. The number of aliphatic hydroxyl groups is 2. The summed E-state index contributed by atoms with van der Waals surface area (Å²) in [5.41, 5.74) is -17.7. The van der Waals surface area contributed by atoms with Crippen LogP contribution in [0.4, 0.5) is 64.1 Å². The van der Waals surface area contributed by atoms with E-state index in [4.69, 9.17) is 4.74 Å². The molecule has 0 fully saturated rings. The van der Waals surface area contributed by atoms with Crippen LogP contribution in [0.2, 0.25) is 0 Å². The molecule has 0 aliphatic heterocycles. The molecule has 0 aliphatic rings. The van der Waals surface area contributed by atoms with Gasteiger partial charge in [0.25, 0.3) is 17.1 Å². The summed E-state index contributed by atoms with van der Waals surface area (Å²) in [6.45, 7) is 1.17. The minimum atomic E-state index is -6.52. The molecule has 19 heteroatoms.